The van der Waals surface area contributed by atoms with Crippen molar-refractivity contribution in [3.8, 4) is 0 Å². The van der Waals surface area contributed by atoms with E-state index < -0.39 is 127 Å². The van der Waals surface area contributed by atoms with E-state index in [9.17, 15) is 57.8 Å². The number of hydrogen-bond donors (Lipinski definition) is 10. The molecule has 0 aliphatic carbocycles. The number of hydrogen-bond acceptors (Lipinski definition) is 15. The van der Waals surface area contributed by atoms with Crippen molar-refractivity contribution in [2.75, 3.05) is 20.3 Å². The van der Waals surface area contributed by atoms with E-state index >= 15 is 0 Å². The molecule has 0 fully saturated rings. The molecule has 508 valence electrons. The minimum absolute atomic E-state index is 0.0158. The molecule has 0 saturated carbocycles. The molecule has 5 aromatic carbocycles. The number of aromatic nitrogens is 1. The molecule has 0 aliphatic heterocycles. The van der Waals surface area contributed by atoms with Crippen LogP contribution in [-0.4, -0.2) is 137 Å². The first-order chi connectivity index (χ1) is 46.1. The Balaban J connectivity index is 0.000000610. The highest BCUT2D eigenvalue weighted by atomic mass is 16.5. The number of aliphatic hydroxyl groups is 1. The first-order valence-corrected chi connectivity index (χ1v) is 31.3. The number of fused-ring (bicyclic) bond motifs is 1. The maximum absolute atomic E-state index is 14.9. The number of H-pyrrole nitrogens is 1. The average molecular weight is 1320 g/mol. The van der Waals surface area contributed by atoms with Crippen LogP contribution in [0.5, 0.6) is 0 Å². The van der Waals surface area contributed by atoms with Crippen LogP contribution < -0.4 is 37.2 Å². The Bertz CT molecular complexity index is 3580. The smallest absolute Gasteiger partial charge is 0.408 e. The number of aromatic amines is 1. The number of nitrogens with zero attached hydrogens (tertiary/aromatic N) is 3. The number of azide groups is 1. The summed E-state index contributed by atoms with van der Waals surface area (Å²) < 4.78 is 9.45. The van der Waals surface area contributed by atoms with E-state index in [0.29, 0.717) is 28.7 Å². The predicted octanol–water partition coefficient (Wildman–Crippen LogP) is 7.50. The van der Waals surface area contributed by atoms with E-state index in [1.165, 1.54) is 32.1 Å². The van der Waals surface area contributed by atoms with Crippen LogP contribution in [0.1, 0.15) is 124 Å². The summed E-state index contributed by atoms with van der Waals surface area (Å²) in [5.41, 5.74) is 10.8. The van der Waals surface area contributed by atoms with Crippen LogP contribution in [0.4, 0.5) is 10.5 Å². The maximum Gasteiger partial charge on any atom is 0.408 e. The van der Waals surface area contributed by atoms with Gasteiger partial charge in [-0.3, -0.25) is 43.2 Å². The van der Waals surface area contributed by atoms with Crippen LogP contribution >= 0.6 is 0 Å². The first kappa shape index (κ1) is 75.7. The van der Waals surface area contributed by atoms with Gasteiger partial charge in [0.1, 0.15) is 48.1 Å². The number of rotatable bonds is 37. The molecule has 7 amide bonds. The van der Waals surface area contributed by atoms with Gasteiger partial charge in [0, 0.05) is 52.5 Å². The molecule has 10 N–H and O–H groups in total. The fourth-order valence-electron chi connectivity index (χ4n) is 10.3. The fraction of sp³-hybridized carbons (Fsp3) is 0.357. The number of amides is 7. The molecule has 1 heterocycles. The molecule has 6 rings (SSSR count). The second-order valence-electron chi connectivity index (χ2n) is 22.5. The number of alkyl carbamates (subject to hydrolysis) is 1. The van der Waals surface area contributed by atoms with Gasteiger partial charge in [-0.1, -0.05) is 197 Å². The second-order valence-corrected chi connectivity index (χ2v) is 22.5. The topological polar surface area (TPSA) is 395 Å². The standard InChI is InChI=1S/C56H69N7O10.C14H14N4O5/c1-5-6-7-8-9-10-20-31-48(66)59-45(32-39-36-57-44-30-22-21-29-43(39)44)52(69)60-46(53(70)61-47(34-50(68)73-4)54(71)62-51(38(3)65)55(72)58-35-37(2)64)33-49(67)63-56(40-23-14-11-15-24-40,41-25-16-12-17-26-41)42-27-18-13-19-28-42;1-2-7-23-14(22)16-11(13(20)21)8-12(19)9-5-3-4-6-10(9)17-18-15/h11-19,21-30,36,38,45-47,51,57,65H,5-10,20,31-35H2,1-4H3,(H,58,72)(H,59,66)(H,60,69)(H,61,70)(H,62,71)(H,63,67);2-6,11H,1,7-8H2,(H,16,22)(H,20,21). The van der Waals surface area contributed by atoms with Crippen molar-refractivity contribution in [1.29, 1.82) is 0 Å². The Morgan fingerprint density at radius 3 is 1.75 bits per heavy atom. The number of aliphatic carboxylic acids is 1. The number of carbonyl (C=O) groups excluding carboxylic acids is 10. The van der Waals surface area contributed by atoms with Gasteiger partial charge < -0.3 is 61.9 Å². The van der Waals surface area contributed by atoms with Gasteiger partial charge >= 0.3 is 18.0 Å². The molecule has 0 radical (unpaired) electrons. The third-order valence-corrected chi connectivity index (χ3v) is 15.2. The van der Waals surface area contributed by atoms with Gasteiger partial charge in [-0.25, -0.2) is 9.59 Å². The number of unbranched alkanes of at least 4 members (excludes halogenated alkanes) is 6. The zero-order valence-corrected chi connectivity index (χ0v) is 54.0. The average Bonchev–Trinajstić information content (AvgIpc) is 0.897. The van der Waals surface area contributed by atoms with Gasteiger partial charge in [-0.05, 0) is 54.1 Å². The lowest BCUT2D eigenvalue weighted by molar-refractivity contribution is -0.144. The highest BCUT2D eigenvalue weighted by Gasteiger charge is 2.41. The number of nitrogens with one attached hydrogen (secondary N) is 8. The van der Waals surface area contributed by atoms with Crippen LogP contribution in [0, 0.1) is 0 Å². The van der Waals surface area contributed by atoms with E-state index in [-0.39, 0.29) is 36.6 Å². The lowest BCUT2D eigenvalue weighted by Gasteiger charge is -2.37. The van der Waals surface area contributed by atoms with E-state index in [0.717, 1.165) is 56.5 Å². The number of benzene rings is 5. The normalized spacial score (nSPS) is 12.7. The zero-order valence-electron chi connectivity index (χ0n) is 54.0. The van der Waals surface area contributed by atoms with Crippen molar-refractivity contribution >= 4 is 81.6 Å². The Labute approximate surface area is 555 Å². The van der Waals surface area contributed by atoms with Gasteiger partial charge in [0.15, 0.2) is 5.78 Å². The number of aliphatic hydroxyl groups excluding tert-OH is 1. The van der Waals surface area contributed by atoms with Gasteiger partial charge in [-0.15, -0.1) is 0 Å². The SMILES string of the molecule is C=CCOC(=O)NC(CC(=O)c1ccccc1N=[N+]=[N-])C(=O)O.CCCCCCCCCC(=O)NC(Cc1c[nH]c2ccccc12)C(=O)NC(CC(=O)NC(c1ccccc1)(c1ccccc1)c1ccccc1)C(=O)NC(CC(=O)OC)C(=O)NC(C(=O)NCC(C)=O)C(C)O. The predicted molar refractivity (Wildman–Crippen MR) is 357 cm³/mol. The van der Waals surface area contributed by atoms with Gasteiger partial charge in [-0.2, -0.15) is 0 Å². The number of esters is 1. The number of carboxylic acids is 1. The summed E-state index contributed by atoms with van der Waals surface area (Å²) in [5.74, 6) is -8.39. The molecule has 6 aromatic rings. The van der Waals surface area contributed by atoms with Crippen LogP contribution in [0.3, 0.4) is 0 Å². The monoisotopic (exact) mass is 1320 g/mol. The second kappa shape index (κ2) is 39.5. The lowest BCUT2D eigenvalue weighted by Crippen LogP contribution is -2.61. The summed E-state index contributed by atoms with van der Waals surface area (Å²) in [5, 5.41) is 41.8. The first-order valence-electron chi connectivity index (χ1n) is 31.3. The number of ketones is 2. The third-order valence-electron chi connectivity index (χ3n) is 15.2. The summed E-state index contributed by atoms with van der Waals surface area (Å²) >= 11 is 0. The highest BCUT2D eigenvalue weighted by Crippen LogP contribution is 2.37. The van der Waals surface area contributed by atoms with Crippen molar-refractivity contribution in [3.63, 3.8) is 0 Å². The minimum Gasteiger partial charge on any atom is -0.480 e. The Morgan fingerprint density at radius 2 is 1.19 bits per heavy atom. The van der Waals surface area contributed by atoms with Crippen molar-refractivity contribution in [3.05, 3.63) is 197 Å². The number of carbonyl (C=O) groups is 11. The van der Waals surface area contributed by atoms with Crippen LogP contribution in [0.15, 0.2) is 163 Å². The minimum atomic E-state index is -1.79. The molecule has 0 bridgehead atoms. The third kappa shape index (κ3) is 23.5. The van der Waals surface area contributed by atoms with Crippen molar-refractivity contribution in [2.24, 2.45) is 5.11 Å². The molecule has 6 atom stereocenters. The molecular weight excluding hydrogens is 1230 g/mol. The Kier molecular flexibility index (Phi) is 31.2. The number of methoxy groups -OCH3 is 1. The van der Waals surface area contributed by atoms with Crippen molar-refractivity contribution < 1.29 is 72.4 Å². The maximum atomic E-state index is 14.9. The molecular formula is C70H83N11O15. The summed E-state index contributed by atoms with van der Waals surface area (Å²) in [6.07, 6.45) is 5.48. The Morgan fingerprint density at radius 1 is 0.646 bits per heavy atom. The largest absolute Gasteiger partial charge is 0.480 e. The molecule has 0 aliphatic rings. The molecule has 0 saturated heterocycles. The van der Waals surface area contributed by atoms with E-state index in [1.54, 1.807) is 18.3 Å². The molecule has 0 spiro atoms. The molecule has 6 unspecified atom stereocenters. The van der Waals surface area contributed by atoms with Crippen molar-refractivity contribution in [1.82, 2.24) is 42.2 Å². The van der Waals surface area contributed by atoms with Gasteiger partial charge in [0.25, 0.3) is 0 Å². The van der Waals surface area contributed by atoms with Crippen LogP contribution in [0.2, 0.25) is 0 Å². The van der Waals surface area contributed by atoms with E-state index in [4.69, 9.17) is 15.4 Å². The fourth-order valence-corrected chi connectivity index (χ4v) is 10.3. The number of carboxylic acid groups (broad SMARTS) is 1. The molecule has 26 nitrogen and oxygen atoms in total. The number of ether oxygens (including phenoxy) is 2. The van der Waals surface area contributed by atoms with Crippen LogP contribution in [-0.2, 0) is 64.6 Å². The lowest BCUT2D eigenvalue weighted by atomic mass is 9.77. The van der Waals surface area contributed by atoms with E-state index in [2.05, 4.69) is 70.5 Å². The number of Topliss-reactive ketones (excluding diaryl/α,β-unsaturated/α-hetero) is 2. The van der Waals surface area contributed by atoms with Crippen LogP contribution in [0.25, 0.3) is 21.3 Å². The Hall–Kier alpha value is -11.0. The summed E-state index contributed by atoms with van der Waals surface area (Å²) in [6.45, 7) is 7.45. The number of para-hydroxylation sites is 1. The van der Waals surface area contributed by atoms with Crippen molar-refractivity contribution in [2.45, 2.75) is 140 Å². The summed E-state index contributed by atoms with van der Waals surface area (Å²) in [4.78, 5) is 150. The van der Waals surface area contributed by atoms with Gasteiger partial charge in [0.2, 0.25) is 35.4 Å². The highest BCUT2D eigenvalue weighted by molar-refractivity contribution is 6.03. The zero-order chi connectivity index (χ0) is 70.0. The van der Waals surface area contributed by atoms with Gasteiger partial charge in [0.05, 0.1) is 32.6 Å². The quantitative estimate of drug-likeness (QED) is 0.00264. The molecule has 96 heavy (non-hydrogen) atoms. The van der Waals surface area contributed by atoms with E-state index in [1.807, 2.05) is 115 Å². The summed E-state index contributed by atoms with van der Waals surface area (Å²) in [6, 6.07) is 33.1. The summed E-state index contributed by atoms with van der Waals surface area (Å²) in [7, 11) is 1.06. The molecule has 1 aromatic heterocycles. The molecule has 26 heteroatoms.